The zero-order valence-corrected chi connectivity index (χ0v) is 12.3. The average Bonchev–Trinajstić information content (AvgIpc) is 2.44. The van der Waals surface area contributed by atoms with E-state index in [1.165, 1.54) is 37.7 Å². The summed E-state index contributed by atoms with van der Waals surface area (Å²) < 4.78 is 5.68. The number of rotatable bonds is 10. The summed E-state index contributed by atoms with van der Waals surface area (Å²) in [5.41, 5.74) is 1.92. The van der Waals surface area contributed by atoms with E-state index in [-0.39, 0.29) is 0 Å². The fourth-order valence-electron chi connectivity index (χ4n) is 2.09. The maximum atomic E-state index is 11.1. The minimum atomic E-state index is 0.686. The lowest BCUT2D eigenvalue weighted by Crippen LogP contribution is -2.00. The highest BCUT2D eigenvalue weighted by Gasteiger charge is 2.04. The van der Waals surface area contributed by atoms with Crippen molar-refractivity contribution in [3.05, 3.63) is 29.3 Å². The molecule has 0 saturated heterocycles. The lowest BCUT2D eigenvalue weighted by Gasteiger charge is -2.10. The minimum Gasteiger partial charge on any atom is -0.493 e. The Morgan fingerprint density at radius 1 is 1.05 bits per heavy atom. The third-order valence-electron chi connectivity index (χ3n) is 3.28. The minimum absolute atomic E-state index is 0.686. The molecule has 0 fully saturated rings. The van der Waals surface area contributed by atoms with Crippen molar-refractivity contribution in [2.45, 2.75) is 58.8 Å². The van der Waals surface area contributed by atoms with Crippen molar-refractivity contribution >= 4 is 6.29 Å². The van der Waals surface area contributed by atoms with Gasteiger partial charge in [-0.05, 0) is 37.0 Å². The van der Waals surface area contributed by atoms with Crippen LogP contribution in [0.25, 0.3) is 0 Å². The Bertz CT molecular complexity index is 372. The maximum Gasteiger partial charge on any atom is 0.153 e. The number of carbonyl (C=O) groups is 1. The highest BCUT2D eigenvalue weighted by Crippen LogP contribution is 2.20. The molecular formula is C17H26O2. The molecule has 1 aromatic carbocycles. The number of benzene rings is 1. The molecule has 0 aliphatic rings. The quantitative estimate of drug-likeness (QED) is 0.447. The molecule has 1 rings (SSSR count). The number of unbranched alkanes of at least 4 members (excludes halogenated alkanes) is 4. The van der Waals surface area contributed by atoms with E-state index >= 15 is 0 Å². The van der Waals surface area contributed by atoms with Gasteiger partial charge in [0.05, 0.1) is 12.2 Å². The molecule has 0 amide bonds. The molecule has 0 bridgehead atoms. The molecule has 2 heteroatoms. The molecule has 0 radical (unpaired) electrons. The van der Waals surface area contributed by atoms with Crippen LogP contribution in [0.5, 0.6) is 5.75 Å². The lowest BCUT2D eigenvalue weighted by atomic mass is 10.0. The van der Waals surface area contributed by atoms with Crippen molar-refractivity contribution < 1.29 is 9.53 Å². The van der Waals surface area contributed by atoms with Gasteiger partial charge in [-0.15, -0.1) is 0 Å². The van der Waals surface area contributed by atoms with E-state index in [0.717, 1.165) is 24.9 Å². The Balaban J connectivity index is 2.54. The first-order valence-corrected chi connectivity index (χ1v) is 7.52. The lowest BCUT2D eigenvalue weighted by molar-refractivity contribution is 0.111. The van der Waals surface area contributed by atoms with E-state index in [9.17, 15) is 4.79 Å². The summed E-state index contributed by atoms with van der Waals surface area (Å²) in [5, 5.41) is 0. The van der Waals surface area contributed by atoms with Gasteiger partial charge in [-0.3, -0.25) is 4.79 Å². The zero-order chi connectivity index (χ0) is 13.9. The van der Waals surface area contributed by atoms with Crippen molar-refractivity contribution in [2.75, 3.05) is 6.61 Å². The molecule has 0 heterocycles. The van der Waals surface area contributed by atoms with Crippen LogP contribution >= 0.6 is 0 Å². The summed E-state index contributed by atoms with van der Waals surface area (Å²) in [6, 6.07) is 5.99. The fourth-order valence-corrected chi connectivity index (χ4v) is 2.09. The summed E-state index contributed by atoms with van der Waals surface area (Å²) in [5.74, 6) is 0.727. The molecule has 0 saturated carbocycles. The highest BCUT2D eigenvalue weighted by atomic mass is 16.5. The average molecular weight is 262 g/mol. The topological polar surface area (TPSA) is 26.3 Å². The Kier molecular flexibility index (Phi) is 7.95. The first-order chi connectivity index (χ1) is 9.31. The van der Waals surface area contributed by atoms with Crippen LogP contribution in [0.15, 0.2) is 18.2 Å². The van der Waals surface area contributed by atoms with Crippen LogP contribution in [0.2, 0.25) is 0 Å². The van der Waals surface area contributed by atoms with Gasteiger partial charge < -0.3 is 4.74 Å². The van der Waals surface area contributed by atoms with E-state index in [2.05, 4.69) is 19.9 Å². The van der Waals surface area contributed by atoms with Gasteiger partial charge in [0.25, 0.3) is 0 Å². The smallest absolute Gasteiger partial charge is 0.153 e. The number of aryl methyl sites for hydroxylation is 1. The van der Waals surface area contributed by atoms with Gasteiger partial charge in [0, 0.05) is 0 Å². The monoisotopic (exact) mass is 262 g/mol. The van der Waals surface area contributed by atoms with E-state index in [4.69, 9.17) is 4.74 Å². The molecule has 2 nitrogen and oxygen atoms in total. The standard InChI is InChI=1S/C17H26O2/c1-3-5-7-9-15-10-11-17(16(13-15)14-18)19-12-8-6-4-2/h10-11,13-14H,3-9,12H2,1-2H3. The van der Waals surface area contributed by atoms with Crippen molar-refractivity contribution in [1.82, 2.24) is 0 Å². The third-order valence-corrected chi connectivity index (χ3v) is 3.28. The Morgan fingerprint density at radius 2 is 1.79 bits per heavy atom. The second kappa shape index (κ2) is 9.60. The second-order valence-electron chi connectivity index (χ2n) is 5.00. The summed E-state index contributed by atoms with van der Waals surface area (Å²) >= 11 is 0. The number of ether oxygens (including phenoxy) is 1. The summed E-state index contributed by atoms with van der Waals surface area (Å²) in [6.45, 7) is 5.07. The molecule has 0 atom stereocenters. The molecule has 0 spiro atoms. The molecule has 19 heavy (non-hydrogen) atoms. The van der Waals surface area contributed by atoms with Gasteiger partial charge in [-0.1, -0.05) is 45.6 Å². The first kappa shape index (κ1) is 15.7. The van der Waals surface area contributed by atoms with Crippen LogP contribution < -0.4 is 4.74 Å². The Hall–Kier alpha value is -1.31. The second-order valence-corrected chi connectivity index (χ2v) is 5.00. The predicted molar refractivity (Wildman–Crippen MR) is 80.1 cm³/mol. The van der Waals surface area contributed by atoms with Crippen LogP contribution in [0.1, 0.15) is 68.3 Å². The molecule has 0 aliphatic carbocycles. The van der Waals surface area contributed by atoms with Gasteiger partial charge in [0.1, 0.15) is 5.75 Å². The van der Waals surface area contributed by atoms with Gasteiger partial charge in [0.2, 0.25) is 0 Å². The van der Waals surface area contributed by atoms with Gasteiger partial charge in [-0.2, -0.15) is 0 Å². The summed E-state index contributed by atoms with van der Waals surface area (Å²) in [7, 11) is 0. The fraction of sp³-hybridized carbons (Fsp3) is 0.588. The number of hydrogen-bond acceptors (Lipinski definition) is 2. The molecule has 0 aliphatic heterocycles. The Morgan fingerprint density at radius 3 is 2.47 bits per heavy atom. The maximum absolute atomic E-state index is 11.1. The number of aldehydes is 1. The van der Waals surface area contributed by atoms with Gasteiger partial charge in [0.15, 0.2) is 6.29 Å². The molecule has 106 valence electrons. The molecular weight excluding hydrogens is 236 g/mol. The summed E-state index contributed by atoms with van der Waals surface area (Å²) in [4.78, 5) is 11.1. The van der Waals surface area contributed by atoms with E-state index < -0.39 is 0 Å². The van der Waals surface area contributed by atoms with Crippen molar-refractivity contribution in [3.8, 4) is 5.75 Å². The molecule has 0 unspecified atom stereocenters. The molecule has 0 aromatic heterocycles. The third kappa shape index (κ3) is 5.91. The van der Waals surface area contributed by atoms with Crippen LogP contribution in [0.3, 0.4) is 0 Å². The first-order valence-electron chi connectivity index (χ1n) is 7.52. The zero-order valence-electron chi connectivity index (χ0n) is 12.3. The highest BCUT2D eigenvalue weighted by molar-refractivity contribution is 5.79. The SMILES string of the molecule is CCCCCOc1ccc(CCCCC)cc1C=O. The van der Waals surface area contributed by atoms with Crippen LogP contribution in [0, 0.1) is 0 Å². The van der Waals surface area contributed by atoms with E-state index in [1.54, 1.807) is 0 Å². The normalized spacial score (nSPS) is 10.4. The number of carbonyl (C=O) groups excluding carboxylic acids is 1. The van der Waals surface area contributed by atoms with Crippen molar-refractivity contribution in [1.29, 1.82) is 0 Å². The largest absolute Gasteiger partial charge is 0.493 e. The van der Waals surface area contributed by atoms with Crippen LogP contribution in [-0.2, 0) is 6.42 Å². The van der Waals surface area contributed by atoms with E-state index in [1.807, 2.05) is 12.1 Å². The Labute approximate surface area is 117 Å². The predicted octanol–water partition coefficient (Wildman–Crippen LogP) is 4.80. The molecule has 0 N–H and O–H groups in total. The molecule has 1 aromatic rings. The number of hydrogen-bond donors (Lipinski definition) is 0. The van der Waals surface area contributed by atoms with Crippen molar-refractivity contribution in [2.24, 2.45) is 0 Å². The van der Waals surface area contributed by atoms with Gasteiger partial charge in [-0.25, -0.2) is 0 Å². The van der Waals surface area contributed by atoms with Crippen LogP contribution in [-0.4, -0.2) is 12.9 Å². The van der Waals surface area contributed by atoms with Crippen molar-refractivity contribution in [3.63, 3.8) is 0 Å². The van der Waals surface area contributed by atoms with E-state index in [0.29, 0.717) is 12.2 Å². The van der Waals surface area contributed by atoms with Gasteiger partial charge >= 0.3 is 0 Å². The van der Waals surface area contributed by atoms with Crippen LogP contribution in [0.4, 0.5) is 0 Å². The summed E-state index contributed by atoms with van der Waals surface area (Å²) in [6.07, 6.45) is 9.00.